The molecule has 76 heavy (non-hydrogen) atoms. The summed E-state index contributed by atoms with van der Waals surface area (Å²) in [5.41, 5.74) is 3.60. The predicted molar refractivity (Wildman–Crippen MR) is 289 cm³/mol. The standard InChI is InChI=1S/C60H84FN5O10/c1-15-37(6)52(64(11)56(70)50(35(2)3)63-55(69)51(36(4)5)65(12)58(72)75-33-44-42-25-19-17-23-40(42)41-24-18-20-26-43(41)44)48(73-13)31-49(67)66-34-60(28-29-60)32-47(66)53(74-14)38(7)54(68)62-46(57(71)76-59(8,9)10)30-39-22-16-21-27-45(39)61/h16-27,35-38,44,46-48,50-53H,15,28-34H2,1-14H3,(H,62,68)(H,63,69)/t37-,38+,46-,47-,48+,50-,51-,52-,53+/m0/s1. The maximum Gasteiger partial charge on any atom is 0.410 e. The normalized spacial score (nSPS) is 18.9. The van der Waals surface area contributed by atoms with Crippen LogP contribution in [0.2, 0.25) is 0 Å². The van der Waals surface area contributed by atoms with Crippen molar-refractivity contribution in [2.75, 3.05) is 41.5 Å². The Balaban J connectivity index is 1.15. The van der Waals surface area contributed by atoms with Crippen LogP contribution in [0.1, 0.15) is 124 Å². The summed E-state index contributed by atoms with van der Waals surface area (Å²) in [6.45, 7) is 18.8. The van der Waals surface area contributed by atoms with Crippen LogP contribution < -0.4 is 10.6 Å². The Morgan fingerprint density at radius 3 is 1.91 bits per heavy atom. The Kier molecular flexibility index (Phi) is 19.6. The number of ether oxygens (including phenoxy) is 4. The first kappa shape index (κ1) is 59.4. The molecule has 2 aliphatic carbocycles. The summed E-state index contributed by atoms with van der Waals surface area (Å²) in [6.07, 6.45) is 0.648. The van der Waals surface area contributed by atoms with Crippen molar-refractivity contribution in [2.45, 2.75) is 162 Å². The van der Waals surface area contributed by atoms with Gasteiger partial charge in [0.1, 0.15) is 36.2 Å². The molecule has 3 aromatic carbocycles. The zero-order valence-corrected chi connectivity index (χ0v) is 47.3. The Morgan fingerprint density at radius 2 is 1.38 bits per heavy atom. The largest absolute Gasteiger partial charge is 0.458 e. The third-order valence-corrected chi connectivity index (χ3v) is 16.0. The molecule has 3 aliphatic rings. The Hall–Kier alpha value is -5.87. The smallest absolute Gasteiger partial charge is 0.410 e. The number of methoxy groups -OCH3 is 2. The Labute approximate surface area is 450 Å². The number of halogens is 1. The van der Waals surface area contributed by atoms with E-state index >= 15 is 0 Å². The number of esters is 1. The molecule has 2 fully saturated rings. The van der Waals surface area contributed by atoms with Crippen molar-refractivity contribution in [2.24, 2.45) is 29.1 Å². The molecule has 5 amide bonds. The van der Waals surface area contributed by atoms with Crippen LogP contribution in [-0.4, -0.2) is 140 Å². The number of likely N-dealkylation sites (N-methyl/N-ethyl adjacent to an activating group) is 2. The maximum absolute atomic E-state index is 14.9. The minimum Gasteiger partial charge on any atom is -0.458 e. The van der Waals surface area contributed by atoms with Gasteiger partial charge in [-0.15, -0.1) is 0 Å². The quantitative estimate of drug-likeness (QED) is 0.0877. The van der Waals surface area contributed by atoms with Crippen molar-refractivity contribution in [3.8, 4) is 11.1 Å². The zero-order chi connectivity index (χ0) is 56.0. The van der Waals surface area contributed by atoms with Crippen molar-refractivity contribution in [1.29, 1.82) is 0 Å². The minimum absolute atomic E-state index is 0.0850. The van der Waals surface area contributed by atoms with Gasteiger partial charge in [-0.2, -0.15) is 0 Å². The number of likely N-dealkylation sites (tertiary alicyclic amines) is 1. The number of hydrogen-bond acceptors (Lipinski definition) is 10. The summed E-state index contributed by atoms with van der Waals surface area (Å²) >= 11 is 0. The summed E-state index contributed by atoms with van der Waals surface area (Å²) < 4.78 is 38.8. The molecular formula is C60H84FN5O10. The van der Waals surface area contributed by atoms with Crippen molar-refractivity contribution in [3.05, 3.63) is 95.3 Å². The SMILES string of the molecule is CC[C@H](C)[C@@H]([C@@H](CC(=O)N1CC2(CC2)C[C@H]1[C@H](OC)[C@@H](C)C(=O)N[C@@H](Cc1ccccc1F)C(=O)OC(C)(C)C)OC)N(C)C(=O)[C@@H](NC(=O)[C@H](C(C)C)N(C)C(=O)OCC1c2ccccc2-c2ccccc21)C(C)C. The van der Waals surface area contributed by atoms with Crippen LogP contribution in [0, 0.1) is 34.9 Å². The molecule has 416 valence electrons. The van der Waals surface area contributed by atoms with Gasteiger partial charge < -0.3 is 39.4 Å². The molecule has 0 radical (unpaired) electrons. The number of hydrogen-bond donors (Lipinski definition) is 2. The molecular weight excluding hydrogens is 970 g/mol. The van der Waals surface area contributed by atoms with Crippen LogP contribution in [0.4, 0.5) is 9.18 Å². The van der Waals surface area contributed by atoms with Gasteiger partial charge in [0.15, 0.2) is 0 Å². The van der Waals surface area contributed by atoms with E-state index in [1.54, 1.807) is 69.8 Å². The lowest BCUT2D eigenvalue weighted by atomic mass is 9.89. The number of rotatable bonds is 23. The topological polar surface area (TPSA) is 173 Å². The fourth-order valence-corrected chi connectivity index (χ4v) is 11.5. The second kappa shape index (κ2) is 25.1. The van der Waals surface area contributed by atoms with E-state index in [1.165, 1.54) is 25.2 Å². The summed E-state index contributed by atoms with van der Waals surface area (Å²) in [7, 11) is 6.25. The number of carbonyl (C=O) groups excluding carboxylic acids is 6. The fraction of sp³-hybridized carbons (Fsp3) is 0.600. The number of benzene rings is 3. The molecule has 6 rings (SSSR count). The zero-order valence-electron chi connectivity index (χ0n) is 47.3. The molecule has 1 spiro atoms. The lowest BCUT2D eigenvalue weighted by Gasteiger charge is -2.41. The molecule has 15 nitrogen and oxygen atoms in total. The van der Waals surface area contributed by atoms with Crippen LogP contribution in [0.5, 0.6) is 0 Å². The van der Waals surface area contributed by atoms with Crippen LogP contribution in [0.15, 0.2) is 72.8 Å². The van der Waals surface area contributed by atoms with Crippen molar-refractivity contribution in [1.82, 2.24) is 25.3 Å². The minimum atomic E-state index is -1.20. The highest BCUT2D eigenvalue weighted by Gasteiger charge is 2.56. The van der Waals surface area contributed by atoms with E-state index in [9.17, 15) is 33.2 Å². The van der Waals surface area contributed by atoms with Crippen LogP contribution >= 0.6 is 0 Å². The molecule has 0 aromatic heterocycles. The number of nitrogens with one attached hydrogen (secondary N) is 2. The predicted octanol–water partition coefficient (Wildman–Crippen LogP) is 8.55. The highest BCUT2D eigenvalue weighted by Crippen LogP contribution is 2.56. The first-order valence-corrected chi connectivity index (χ1v) is 27.1. The summed E-state index contributed by atoms with van der Waals surface area (Å²) in [5, 5.41) is 5.84. The molecule has 16 heteroatoms. The maximum atomic E-state index is 14.9. The van der Waals surface area contributed by atoms with Crippen molar-refractivity contribution < 1.29 is 52.1 Å². The molecule has 1 heterocycles. The van der Waals surface area contributed by atoms with Gasteiger partial charge in [-0.25, -0.2) is 14.0 Å². The Bertz CT molecular complexity index is 2500. The van der Waals surface area contributed by atoms with E-state index in [0.29, 0.717) is 19.4 Å². The van der Waals surface area contributed by atoms with Gasteiger partial charge in [-0.05, 0) is 97.1 Å². The molecule has 9 atom stereocenters. The van der Waals surface area contributed by atoms with Gasteiger partial charge in [0.05, 0.1) is 36.6 Å². The van der Waals surface area contributed by atoms with Crippen molar-refractivity contribution >= 4 is 35.7 Å². The molecule has 2 N–H and O–H groups in total. The van der Waals surface area contributed by atoms with Gasteiger partial charge in [-0.1, -0.05) is 122 Å². The number of fused-ring (bicyclic) bond motifs is 3. The lowest BCUT2D eigenvalue weighted by Crippen LogP contribution is -2.60. The molecule has 0 bridgehead atoms. The van der Waals surface area contributed by atoms with Gasteiger partial charge in [0, 0.05) is 47.2 Å². The van der Waals surface area contributed by atoms with E-state index in [-0.39, 0.29) is 65.9 Å². The average molecular weight is 1050 g/mol. The molecule has 1 saturated heterocycles. The Morgan fingerprint density at radius 1 is 0.789 bits per heavy atom. The van der Waals surface area contributed by atoms with Gasteiger partial charge >= 0.3 is 12.1 Å². The number of carbonyl (C=O) groups is 6. The number of nitrogens with zero attached hydrogens (tertiary/aromatic N) is 3. The molecule has 1 saturated carbocycles. The third kappa shape index (κ3) is 13.6. The van der Waals surface area contributed by atoms with E-state index in [1.807, 2.05) is 77.9 Å². The van der Waals surface area contributed by atoms with Gasteiger partial charge in [-0.3, -0.25) is 24.1 Å². The van der Waals surface area contributed by atoms with Crippen LogP contribution in [0.3, 0.4) is 0 Å². The van der Waals surface area contributed by atoms with E-state index < -0.39 is 83.6 Å². The summed E-state index contributed by atoms with van der Waals surface area (Å²) in [5.74, 6) is -4.69. The van der Waals surface area contributed by atoms with Crippen molar-refractivity contribution in [3.63, 3.8) is 0 Å². The highest BCUT2D eigenvalue weighted by molar-refractivity contribution is 5.92. The molecule has 3 aromatic rings. The van der Waals surface area contributed by atoms with E-state index in [2.05, 4.69) is 22.8 Å². The summed E-state index contributed by atoms with van der Waals surface area (Å²) in [6, 6.07) is 17.9. The van der Waals surface area contributed by atoms with Crippen LogP contribution in [-0.2, 0) is 49.3 Å². The van der Waals surface area contributed by atoms with E-state index in [4.69, 9.17) is 18.9 Å². The van der Waals surface area contributed by atoms with Crippen LogP contribution in [0.25, 0.3) is 11.1 Å². The monoisotopic (exact) mass is 1050 g/mol. The second-order valence-electron chi connectivity index (χ2n) is 23.3. The lowest BCUT2D eigenvalue weighted by molar-refractivity contribution is -0.159. The highest BCUT2D eigenvalue weighted by atomic mass is 19.1. The first-order valence-electron chi connectivity index (χ1n) is 27.1. The first-order chi connectivity index (χ1) is 35.9. The molecule has 1 aliphatic heterocycles. The summed E-state index contributed by atoms with van der Waals surface area (Å²) in [4.78, 5) is 90.4. The average Bonchev–Trinajstić information content (AvgIpc) is 3.92. The van der Waals surface area contributed by atoms with Gasteiger partial charge in [0.25, 0.3) is 0 Å². The third-order valence-electron chi connectivity index (χ3n) is 16.0. The number of amides is 5. The second-order valence-corrected chi connectivity index (χ2v) is 23.3. The van der Waals surface area contributed by atoms with E-state index in [0.717, 1.165) is 35.1 Å². The molecule has 0 unspecified atom stereocenters. The van der Waals surface area contributed by atoms with Gasteiger partial charge in [0.2, 0.25) is 23.6 Å². The fourth-order valence-electron chi connectivity index (χ4n) is 11.5.